The zero-order valence-corrected chi connectivity index (χ0v) is 15.3. The molecule has 122 valence electrons. The van der Waals surface area contributed by atoms with E-state index in [9.17, 15) is 4.79 Å². The second-order valence-electron chi connectivity index (χ2n) is 5.29. The predicted octanol–water partition coefficient (Wildman–Crippen LogP) is 5.21. The van der Waals surface area contributed by atoms with Gasteiger partial charge in [-0.1, -0.05) is 32.0 Å². The first-order chi connectivity index (χ1) is 11.0. The molecule has 0 spiro atoms. The van der Waals surface area contributed by atoms with Gasteiger partial charge >= 0.3 is 5.97 Å². The van der Waals surface area contributed by atoms with Crippen LogP contribution < -0.4 is 9.47 Å². The summed E-state index contributed by atoms with van der Waals surface area (Å²) in [5, 5.41) is 0. The summed E-state index contributed by atoms with van der Waals surface area (Å²) < 4.78 is 12.2. The Morgan fingerprint density at radius 3 is 2.52 bits per heavy atom. The summed E-state index contributed by atoms with van der Waals surface area (Å²) in [4.78, 5) is 11.5. The molecule has 0 saturated heterocycles. The SMILES string of the molecule is CCC(=O)Oc1ccccc1COc1cc(C)c(CC)cc1Br. The topological polar surface area (TPSA) is 35.5 Å². The number of para-hydroxylation sites is 1. The van der Waals surface area contributed by atoms with E-state index in [1.54, 1.807) is 13.0 Å². The predicted molar refractivity (Wildman–Crippen MR) is 95.0 cm³/mol. The van der Waals surface area contributed by atoms with Gasteiger partial charge in [0.05, 0.1) is 4.47 Å². The summed E-state index contributed by atoms with van der Waals surface area (Å²) in [6.07, 6.45) is 1.33. The number of carbonyl (C=O) groups excluding carboxylic acids is 1. The Labute approximate surface area is 145 Å². The fraction of sp³-hybridized carbons (Fsp3) is 0.316. The number of hydrogen-bond acceptors (Lipinski definition) is 3. The van der Waals surface area contributed by atoms with Crippen molar-refractivity contribution in [2.75, 3.05) is 0 Å². The van der Waals surface area contributed by atoms with Crippen LogP contribution in [0.4, 0.5) is 0 Å². The molecule has 0 fully saturated rings. The second kappa shape index (κ2) is 8.16. The number of benzene rings is 2. The van der Waals surface area contributed by atoms with E-state index in [0.717, 1.165) is 22.2 Å². The number of rotatable bonds is 6. The molecule has 0 aromatic heterocycles. The molecule has 0 aliphatic carbocycles. The van der Waals surface area contributed by atoms with Gasteiger partial charge in [-0.2, -0.15) is 0 Å². The number of halogens is 1. The van der Waals surface area contributed by atoms with Crippen molar-refractivity contribution in [3.8, 4) is 11.5 Å². The van der Waals surface area contributed by atoms with Crippen LogP contribution in [0.15, 0.2) is 40.9 Å². The highest BCUT2D eigenvalue weighted by atomic mass is 79.9. The number of ether oxygens (including phenoxy) is 2. The van der Waals surface area contributed by atoms with E-state index in [1.165, 1.54) is 11.1 Å². The number of aryl methyl sites for hydroxylation is 2. The number of hydrogen-bond donors (Lipinski definition) is 0. The minimum Gasteiger partial charge on any atom is -0.488 e. The van der Waals surface area contributed by atoms with Gasteiger partial charge in [0.2, 0.25) is 0 Å². The van der Waals surface area contributed by atoms with Gasteiger partial charge in [0.25, 0.3) is 0 Å². The van der Waals surface area contributed by atoms with Crippen LogP contribution in [0.3, 0.4) is 0 Å². The molecule has 0 unspecified atom stereocenters. The highest BCUT2D eigenvalue weighted by Crippen LogP contribution is 2.30. The molecule has 2 aromatic carbocycles. The van der Waals surface area contributed by atoms with E-state index in [1.807, 2.05) is 24.3 Å². The Morgan fingerprint density at radius 2 is 1.83 bits per heavy atom. The van der Waals surface area contributed by atoms with Crippen molar-refractivity contribution in [3.63, 3.8) is 0 Å². The molecule has 23 heavy (non-hydrogen) atoms. The summed E-state index contributed by atoms with van der Waals surface area (Å²) >= 11 is 3.56. The highest BCUT2D eigenvalue weighted by Gasteiger charge is 2.10. The molecule has 0 bridgehead atoms. The van der Waals surface area contributed by atoms with Crippen molar-refractivity contribution >= 4 is 21.9 Å². The summed E-state index contributed by atoms with van der Waals surface area (Å²) in [5.41, 5.74) is 3.34. The van der Waals surface area contributed by atoms with Gasteiger partial charge < -0.3 is 9.47 Å². The molecule has 0 atom stereocenters. The zero-order chi connectivity index (χ0) is 16.8. The first kappa shape index (κ1) is 17.5. The average molecular weight is 377 g/mol. The quantitative estimate of drug-likeness (QED) is 0.512. The monoisotopic (exact) mass is 376 g/mol. The van der Waals surface area contributed by atoms with Crippen molar-refractivity contribution in [1.82, 2.24) is 0 Å². The normalized spacial score (nSPS) is 10.4. The van der Waals surface area contributed by atoms with Gasteiger partial charge in [0, 0.05) is 12.0 Å². The Kier molecular flexibility index (Phi) is 6.22. The summed E-state index contributed by atoms with van der Waals surface area (Å²) in [6, 6.07) is 11.6. The smallest absolute Gasteiger partial charge is 0.310 e. The fourth-order valence-electron chi connectivity index (χ4n) is 2.26. The van der Waals surface area contributed by atoms with E-state index >= 15 is 0 Å². The van der Waals surface area contributed by atoms with Crippen LogP contribution in [0.5, 0.6) is 11.5 Å². The lowest BCUT2D eigenvalue weighted by Crippen LogP contribution is -2.08. The first-order valence-corrected chi connectivity index (χ1v) is 8.54. The lowest BCUT2D eigenvalue weighted by molar-refractivity contribution is -0.134. The van der Waals surface area contributed by atoms with E-state index in [4.69, 9.17) is 9.47 Å². The molecule has 2 aromatic rings. The lowest BCUT2D eigenvalue weighted by atomic mass is 10.1. The minimum atomic E-state index is -0.248. The molecular weight excluding hydrogens is 356 g/mol. The van der Waals surface area contributed by atoms with Crippen molar-refractivity contribution in [3.05, 3.63) is 57.6 Å². The highest BCUT2D eigenvalue weighted by molar-refractivity contribution is 9.10. The minimum absolute atomic E-state index is 0.248. The van der Waals surface area contributed by atoms with Crippen molar-refractivity contribution in [2.45, 2.75) is 40.2 Å². The summed E-state index contributed by atoms with van der Waals surface area (Å²) in [7, 11) is 0. The van der Waals surface area contributed by atoms with Crippen LogP contribution in [-0.2, 0) is 17.8 Å². The van der Waals surface area contributed by atoms with E-state index < -0.39 is 0 Å². The largest absolute Gasteiger partial charge is 0.488 e. The van der Waals surface area contributed by atoms with Crippen LogP contribution in [-0.4, -0.2) is 5.97 Å². The molecule has 0 heterocycles. The van der Waals surface area contributed by atoms with Crippen LogP contribution in [0.1, 0.15) is 37.0 Å². The molecule has 2 rings (SSSR count). The Balaban J connectivity index is 2.15. The van der Waals surface area contributed by atoms with Gasteiger partial charge in [0.1, 0.15) is 18.1 Å². The Bertz CT molecular complexity index is 695. The van der Waals surface area contributed by atoms with Gasteiger partial charge in [-0.05, 0) is 58.6 Å². The average Bonchev–Trinajstić information content (AvgIpc) is 2.56. The van der Waals surface area contributed by atoms with Crippen LogP contribution >= 0.6 is 15.9 Å². The van der Waals surface area contributed by atoms with Crippen LogP contribution in [0.2, 0.25) is 0 Å². The number of esters is 1. The second-order valence-corrected chi connectivity index (χ2v) is 6.14. The molecule has 0 aliphatic heterocycles. The maximum absolute atomic E-state index is 11.5. The third-order valence-corrected chi connectivity index (χ3v) is 4.26. The fourth-order valence-corrected chi connectivity index (χ4v) is 2.77. The van der Waals surface area contributed by atoms with Crippen molar-refractivity contribution in [1.29, 1.82) is 0 Å². The summed E-state index contributed by atoms with van der Waals surface area (Å²) in [5.74, 6) is 1.09. The van der Waals surface area contributed by atoms with Crippen molar-refractivity contribution in [2.24, 2.45) is 0 Å². The molecule has 0 amide bonds. The van der Waals surface area contributed by atoms with Crippen LogP contribution in [0, 0.1) is 6.92 Å². The molecular formula is C19H21BrO3. The molecule has 0 aliphatic rings. The maximum atomic E-state index is 11.5. The van der Waals surface area contributed by atoms with Gasteiger partial charge in [-0.25, -0.2) is 0 Å². The molecule has 0 radical (unpaired) electrons. The Morgan fingerprint density at radius 1 is 1.09 bits per heavy atom. The third-order valence-electron chi connectivity index (χ3n) is 3.64. The van der Waals surface area contributed by atoms with E-state index in [0.29, 0.717) is 18.8 Å². The lowest BCUT2D eigenvalue weighted by Gasteiger charge is -2.14. The van der Waals surface area contributed by atoms with E-state index in [-0.39, 0.29) is 5.97 Å². The van der Waals surface area contributed by atoms with E-state index in [2.05, 4.69) is 35.8 Å². The zero-order valence-electron chi connectivity index (χ0n) is 13.7. The van der Waals surface area contributed by atoms with Crippen LogP contribution in [0.25, 0.3) is 0 Å². The number of carbonyl (C=O) groups is 1. The Hall–Kier alpha value is -1.81. The molecule has 0 N–H and O–H groups in total. The third kappa shape index (κ3) is 4.58. The van der Waals surface area contributed by atoms with Gasteiger partial charge in [-0.15, -0.1) is 0 Å². The van der Waals surface area contributed by atoms with Gasteiger partial charge in [-0.3, -0.25) is 4.79 Å². The maximum Gasteiger partial charge on any atom is 0.310 e. The molecule has 0 saturated carbocycles. The molecule has 4 heteroatoms. The van der Waals surface area contributed by atoms with Crippen molar-refractivity contribution < 1.29 is 14.3 Å². The summed E-state index contributed by atoms with van der Waals surface area (Å²) in [6.45, 7) is 6.33. The molecule has 3 nitrogen and oxygen atoms in total. The first-order valence-electron chi connectivity index (χ1n) is 7.75. The standard InChI is InChI=1S/C19H21BrO3/c1-4-14-11-16(20)18(10-13(14)3)22-12-15-8-6-7-9-17(15)23-19(21)5-2/h6-11H,4-5,12H2,1-3H3. The van der Waals surface area contributed by atoms with Gasteiger partial charge in [0.15, 0.2) is 0 Å².